The number of rotatable bonds is 6. The van der Waals surface area contributed by atoms with Gasteiger partial charge in [-0.15, -0.1) is 0 Å². The van der Waals surface area contributed by atoms with Gasteiger partial charge in [0.25, 0.3) is 5.91 Å². The molecule has 2 aromatic carbocycles. The van der Waals surface area contributed by atoms with E-state index in [-0.39, 0.29) is 24.8 Å². The number of aromatic amines is 1. The SMILES string of the molecule is Cc1nc2ccc(CNC(=O)CCNC(=O)c3ccc(F)cc3)cc2[nH]1. The number of H-pyrrole nitrogens is 1. The first kappa shape index (κ1) is 17.6. The summed E-state index contributed by atoms with van der Waals surface area (Å²) in [5, 5.41) is 5.46. The zero-order valence-corrected chi connectivity index (χ0v) is 14.3. The minimum atomic E-state index is -0.399. The Morgan fingerprint density at radius 2 is 1.88 bits per heavy atom. The number of aromatic nitrogens is 2. The van der Waals surface area contributed by atoms with E-state index in [0.29, 0.717) is 12.1 Å². The van der Waals surface area contributed by atoms with Crippen LogP contribution in [0.2, 0.25) is 0 Å². The summed E-state index contributed by atoms with van der Waals surface area (Å²) in [7, 11) is 0. The number of hydrogen-bond acceptors (Lipinski definition) is 3. The van der Waals surface area contributed by atoms with Crippen LogP contribution in [-0.2, 0) is 11.3 Å². The van der Waals surface area contributed by atoms with Gasteiger partial charge in [0.1, 0.15) is 11.6 Å². The van der Waals surface area contributed by atoms with Crippen molar-refractivity contribution in [3.63, 3.8) is 0 Å². The molecule has 0 spiro atoms. The second-order valence-corrected chi connectivity index (χ2v) is 5.96. The van der Waals surface area contributed by atoms with Crippen molar-refractivity contribution in [2.75, 3.05) is 6.54 Å². The molecule has 1 aromatic heterocycles. The number of carbonyl (C=O) groups excluding carboxylic acids is 2. The van der Waals surface area contributed by atoms with Crippen LogP contribution in [0.25, 0.3) is 11.0 Å². The number of amides is 2. The zero-order chi connectivity index (χ0) is 18.5. The van der Waals surface area contributed by atoms with Gasteiger partial charge in [0.05, 0.1) is 11.0 Å². The molecule has 0 bridgehead atoms. The van der Waals surface area contributed by atoms with E-state index in [2.05, 4.69) is 20.6 Å². The average Bonchev–Trinajstić information content (AvgIpc) is 2.99. The van der Waals surface area contributed by atoms with Gasteiger partial charge in [0.15, 0.2) is 0 Å². The summed E-state index contributed by atoms with van der Waals surface area (Å²) in [6.07, 6.45) is 0.165. The maximum Gasteiger partial charge on any atom is 0.251 e. The topological polar surface area (TPSA) is 86.9 Å². The molecule has 0 atom stereocenters. The second kappa shape index (κ2) is 7.77. The lowest BCUT2D eigenvalue weighted by Gasteiger charge is -2.07. The Bertz CT molecular complexity index is 934. The van der Waals surface area contributed by atoms with Gasteiger partial charge in [-0.25, -0.2) is 9.37 Å². The van der Waals surface area contributed by atoms with Crippen LogP contribution in [0.15, 0.2) is 42.5 Å². The molecule has 3 N–H and O–H groups in total. The molecule has 0 aliphatic heterocycles. The smallest absolute Gasteiger partial charge is 0.251 e. The molecule has 0 saturated heterocycles. The molecule has 7 heteroatoms. The van der Waals surface area contributed by atoms with Crippen LogP contribution in [-0.4, -0.2) is 28.3 Å². The third kappa shape index (κ3) is 4.44. The highest BCUT2D eigenvalue weighted by Gasteiger charge is 2.07. The van der Waals surface area contributed by atoms with Crippen molar-refractivity contribution in [1.29, 1.82) is 0 Å². The van der Waals surface area contributed by atoms with Crippen molar-refractivity contribution < 1.29 is 14.0 Å². The van der Waals surface area contributed by atoms with E-state index < -0.39 is 5.82 Å². The number of benzene rings is 2. The highest BCUT2D eigenvalue weighted by atomic mass is 19.1. The van der Waals surface area contributed by atoms with E-state index >= 15 is 0 Å². The van der Waals surface area contributed by atoms with E-state index in [9.17, 15) is 14.0 Å². The number of nitrogens with one attached hydrogen (secondary N) is 3. The van der Waals surface area contributed by atoms with Gasteiger partial charge in [-0.2, -0.15) is 0 Å². The molecule has 0 saturated carbocycles. The second-order valence-electron chi connectivity index (χ2n) is 5.96. The third-order valence-corrected chi connectivity index (χ3v) is 3.90. The van der Waals surface area contributed by atoms with Crippen molar-refractivity contribution in [2.45, 2.75) is 19.9 Å². The van der Waals surface area contributed by atoms with Crippen molar-refractivity contribution in [3.8, 4) is 0 Å². The van der Waals surface area contributed by atoms with Crippen LogP contribution in [0.5, 0.6) is 0 Å². The lowest BCUT2D eigenvalue weighted by Crippen LogP contribution is -2.30. The number of nitrogens with zero attached hydrogens (tertiary/aromatic N) is 1. The average molecular weight is 354 g/mol. The fourth-order valence-corrected chi connectivity index (χ4v) is 2.58. The molecule has 0 radical (unpaired) electrons. The maximum atomic E-state index is 12.8. The summed E-state index contributed by atoms with van der Waals surface area (Å²) in [6.45, 7) is 2.50. The molecule has 3 aromatic rings. The van der Waals surface area contributed by atoms with Crippen LogP contribution in [0.4, 0.5) is 4.39 Å². The molecule has 134 valence electrons. The van der Waals surface area contributed by atoms with E-state index in [1.54, 1.807) is 0 Å². The number of imidazole rings is 1. The van der Waals surface area contributed by atoms with E-state index in [1.807, 2.05) is 25.1 Å². The Morgan fingerprint density at radius 1 is 1.12 bits per heavy atom. The summed E-state index contributed by atoms with van der Waals surface area (Å²) in [4.78, 5) is 31.3. The monoisotopic (exact) mass is 354 g/mol. The zero-order valence-electron chi connectivity index (χ0n) is 14.3. The van der Waals surface area contributed by atoms with Crippen molar-refractivity contribution in [1.82, 2.24) is 20.6 Å². The first-order chi connectivity index (χ1) is 12.5. The number of hydrogen-bond donors (Lipinski definition) is 3. The largest absolute Gasteiger partial charge is 0.352 e. The molecule has 26 heavy (non-hydrogen) atoms. The summed E-state index contributed by atoms with van der Waals surface area (Å²) in [6, 6.07) is 11.0. The van der Waals surface area contributed by atoms with Gasteiger partial charge in [0, 0.05) is 25.1 Å². The molecule has 2 amide bonds. The number of aryl methyl sites for hydroxylation is 1. The highest BCUT2D eigenvalue weighted by molar-refractivity contribution is 5.94. The minimum absolute atomic E-state index is 0.162. The maximum absolute atomic E-state index is 12.8. The van der Waals surface area contributed by atoms with Crippen LogP contribution in [0, 0.1) is 12.7 Å². The van der Waals surface area contributed by atoms with Crippen molar-refractivity contribution >= 4 is 22.8 Å². The van der Waals surface area contributed by atoms with Crippen LogP contribution >= 0.6 is 0 Å². The predicted octanol–water partition coefficient (Wildman–Crippen LogP) is 2.45. The van der Waals surface area contributed by atoms with Gasteiger partial charge in [-0.05, 0) is 48.9 Å². The normalized spacial score (nSPS) is 10.7. The first-order valence-electron chi connectivity index (χ1n) is 8.27. The molecule has 0 aliphatic carbocycles. The van der Waals surface area contributed by atoms with E-state index in [1.165, 1.54) is 24.3 Å². The Morgan fingerprint density at radius 3 is 2.65 bits per heavy atom. The van der Waals surface area contributed by atoms with Crippen molar-refractivity contribution in [2.24, 2.45) is 0 Å². The molecule has 3 rings (SSSR count). The molecule has 0 aliphatic rings. The highest BCUT2D eigenvalue weighted by Crippen LogP contribution is 2.13. The van der Waals surface area contributed by atoms with E-state index in [0.717, 1.165) is 22.4 Å². The Kier molecular flexibility index (Phi) is 5.26. The van der Waals surface area contributed by atoms with Crippen LogP contribution in [0.3, 0.4) is 0 Å². The summed E-state index contributed by atoms with van der Waals surface area (Å²) in [5.74, 6) is -0.0503. The number of halogens is 1. The van der Waals surface area contributed by atoms with Gasteiger partial charge in [-0.1, -0.05) is 6.07 Å². The molecule has 6 nitrogen and oxygen atoms in total. The lowest BCUT2D eigenvalue weighted by molar-refractivity contribution is -0.121. The molecule has 1 heterocycles. The van der Waals surface area contributed by atoms with Crippen LogP contribution < -0.4 is 10.6 Å². The standard InChI is InChI=1S/C19H19FN4O2/c1-12-23-16-7-2-13(10-17(16)24-12)11-22-18(25)8-9-21-19(26)14-3-5-15(20)6-4-14/h2-7,10H,8-9,11H2,1H3,(H,21,26)(H,22,25)(H,23,24). The minimum Gasteiger partial charge on any atom is -0.352 e. The quantitative estimate of drug-likeness (QED) is 0.635. The fourth-order valence-electron chi connectivity index (χ4n) is 2.58. The van der Waals surface area contributed by atoms with Gasteiger partial charge in [-0.3, -0.25) is 9.59 Å². The summed E-state index contributed by atoms with van der Waals surface area (Å²) in [5.41, 5.74) is 3.14. The first-order valence-corrected chi connectivity index (χ1v) is 8.27. The lowest BCUT2D eigenvalue weighted by atomic mass is 10.2. The predicted molar refractivity (Wildman–Crippen MR) is 96.0 cm³/mol. The van der Waals surface area contributed by atoms with Crippen LogP contribution in [0.1, 0.15) is 28.2 Å². The Labute approximate surface area is 149 Å². The molecular formula is C19H19FN4O2. The van der Waals surface area contributed by atoms with E-state index in [4.69, 9.17) is 0 Å². The molecular weight excluding hydrogens is 335 g/mol. The fraction of sp³-hybridized carbons (Fsp3) is 0.211. The van der Waals surface area contributed by atoms with Gasteiger partial charge < -0.3 is 15.6 Å². The number of fused-ring (bicyclic) bond motifs is 1. The Balaban J connectivity index is 1.43. The summed E-state index contributed by atoms with van der Waals surface area (Å²) < 4.78 is 12.8. The van der Waals surface area contributed by atoms with Gasteiger partial charge >= 0.3 is 0 Å². The van der Waals surface area contributed by atoms with Gasteiger partial charge in [0.2, 0.25) is 5.91 Å². The Hall–Kier alpha value is -3.22. The molecule has 0 fully saturated rings. The summed E-state index contributed by atoms with van der Waals surface area (Å²) >= 11 is 0. The van der Waals surface area contributed by atoms with Crippen molar-refractivity contribution in [3.05, 3.63) is 65.2 Å². The number of carbonyl (C=O) groups is 2. The molecule has 0 unspecified atom stereocenters. The third-order valence-electron chi connectivity index (χ3n) is 3.90.